The first-order valence-corrected chi connectivity index (χ1v) is 7.68. The summed E-state index contributed by atoms with van der Waals surface area (Å²) in [6.45, 7) is 2.12. The third-order valence-electron chi connectivity index (χ3n) is 3.62. The number of unbranched alkanes of at least 4 members (excludes halogenated alkanes) is 1. The van der Waals surface area contributed by atoms with Gasteiger partial charge in [0.1, 0.15) is 0 Å². The van der Waals surface area contributed by atoms with Crippen LogP contribution in [0.1, 0.15) is 36.7 Å². The van der Waals surface area contributed by atoms with E-state index in [9.17, 15) is 4.79 Å². The second-order valence-electron chi connectivity index (χ2n) is 5.29. The van der Waals surface area contributed by atoms with Gasteiger partial charge in [-0.1, -0.05) is 54.1 Å². The maximum absolute atomic E-state index is 12.5. The van der Waals surface area contributed by atoms with Gasteiger partial charge >= 0.3 is 6.03 Å². The van der Waals surface area contributed by atoms with E-state index < -0.39 is 0 Å². The van der Waals surface area contributed by atoms with Crippen molar-refractivity contribution in [3.63, 3.8) is 0 Å². The van der Waals surface area contributed by atoms with Crippen LogP contribution in [0.4, 0.5) is 4.79 Å². The molecule has 0 radical (unpaired) electrons. The van der Waals surface area contributed by atoms with Gasteiger partial charge in [0, 0.05) is 6.42 Å². The van der Waals surface area contributed by atoms with Gasteiger partial charge in [0.25, 0.3) is 0 Å². The summed E-state index contributed by atoms with van der Waals surface area (Å²) in [6.07, 6.45) is 6.39. The Labute approximate surface area is 133 Å². The molecule has 0 unspecified atom stereocenters. The van der Waals surface area contributed by atoms with Crippen molar-refractivity contribution in [2.45, 2.75) is 32.6 Å². The molecule has 0 saturated heterocycles. The molecule has 2 aromatic heterocycles. The lowest BCUT2D eigenvalue weighted by Crippen LogP contribution is -2.23. The fraction of sp³-hybridized carbons (Fsp3) is 0.312. The van der Waals surface area contributed by atoms with Crippen LogP contribution in [0.5, 0.6) is 0 Å². The monoisotopic (exact) mass is 310 g/mol. The molecule has 0 fully saturated rings. The Hall–Kier alpha value is -2.83. The number of aromatic nitrogens is 6. The van der Waals surface area contributed by atoms with Crippen LogP contribution in [0.25, 0.3) is 0 Å². The molecule has 7 heteroatoms. The Morgan fingerprint density at radius 1 is 1.17 bits per heavy atom. The Bertz CT molecular complexity index is 763. The van der Waals surface area contributed by atoms with E-state index in [1.54, 1.807) is 0 Å². The zero-order valence-corrected chi connectivity index (χ0v) is 13.0. The van der Waals surface area contributed by atoms with E-state index in [-0.39, 0.29) is 6.03 Å². The Balaban J connectivity index is 1.92. The Morgan fingerprint density at radius 2 is 2.00 bits per heavy atom. The van der Waals surface area contributed by atoms with Gasteiger partial charge in [0.2, 0.25) is 0 Å². The molecule has 0 spiro atoms. The summed E-state index contributed by atoms with van der Waals surface area (Å²) in [5.41, 5.74) is 2.82. The zero-order valence-electron chi connectivity index (χ0n) is 13.0. The van der Waals surface area contributed by atoms with Crippen LogP contribution < -0.4 is 0 Å². The quantitative estimate of drug-likeness (QED) is 0.722. The average Bonchev–Trinajstić information content (AvgIpc) is 3.23. The van der Waals surface area contributed by atoms with Gasteiger partial charge in [-0.2, -0.15) is 9.36 Å². The van der Waals surface area contributed by atoms with Crippen LogP contribution in [0.2, 0.25) is 0 Å². The fourth-order valence-electron chi connectivity index (χ4n) is 2.41. The molecule has 0 N–H and O–H groups in total. The molecule has 118 valence electrons. The topological polar surface area (TPSA) is 78.5 Å². The molecule has 3 rings (SSSR count). The summed E-state index contributed by atoms with van der Waals surface area (Å²) >= 11 is 0. The van der Waals surface area contributed by atoms with Crippen molar-refractivity contribution in [3.8, 4) is 0 Å². The Kier molecular flexibility index (Phi) is 4.56. The second kappa shape index (κ2) is 6.95. The largest absolute Gasteiger partial charge is 0.372 e. The molecule has 0 saturated carbocycles. The smallest absolute Gasteiger partial charge is 0.243 e. The predicted octanol–water partition coefficient (Wildman–Crippen LogP) is 2.32. The minimum absolute atomic E-state index is 0.361. The number of hydrogen-bond acceptors (Lipinski definition) is 5. The number of carbonyl (C=O) groups excluding carboxylic acids is 1. The highest BCUT2D eigenvalue weighted by Crippen LogP contribution is 2.15. The highest BCUT2D eigenvalue weighted by atomic mass is 16.2. The van der Waals surface area contributed by atoms with E-state index in [0.29, 0.717) is 6.42 Å². The molecular formula is C16H18N6O. The molecule has 2 heterocycles. The van der Waals surface area contributed by atoms with Crippen molar-refractivity contribution in [1.82, 2.24) is 30.0 Å². The number of carbonyl (C=O) groups is 1. The summed E-state index contributed by atoms with van der Waals surface area (Å²) < 4.78 is 2.50. The van der Waals surface area contributed by atoms with Crippen LogP contribution >= 0.6 is 0 Å². The molecule has 0 aliphatic rings. The van der Waals surface area contributed by atoms with Crippen molar-refractivity contribution in [1.29, 1.82) is 0 Å². The van der Waals surface area contributed by atoms with E-state index in [1.165, 1.54) is 17.1 Å². The summed E-state index contributed by atoms with van der Waals surface area (Å²) in [4.78, 5) is 12.5. The van der Waals surface area contributed by atoms with Crippen LogP contribution in [0, 0.1) is 0 Å². The third kappa shape index (κ3) is 3.33. The maximum atomic E-state index is 12.5. The van der Waals surface area contributed by atoms with Gasteiger partial charge in [0.05, 0.1) is 23.8 Å². The first-order chi connectivity index (χ1) is 11.3. The summed E-state index contributed by atoms with van der Waals surface area (Å²) in [6, 6.07) is 9.69. The Morgan fingerprint density at radius 3 is 2.70 bits per heavy atom. The molecule has 3 aromatic rings. The fourth-order valence-corrected chi connectivity index (χ4v) is 2.41. The molecular weight excluding hydrogens is 292 g/mol. The summed E-state index contributed by atoms with van der Waals surface area (Å²) in [5, 5.41) is 15.7. The first kappa shape index (κ1) is 15.1. The van der Waals surface area contributed by atoms with E-state index in [4.69, 9.17) is 0 Å². The van der Waals surface area contributed by atoms with E-state index in [2.05, 4.69) is 27.5 Å². The molecule has 0 aliphatic carbocycles. The number of benzene rings is 1. The van der Waals surface area contributed by atoms with E-state index >= 15 is 0 Å². The number of nitrogens with zero attached hydrogens (tertiary/aromatic N) is 6. The predicted molar refractivity (Wildman–Crippen MR) is 84.1 cm³/mol. The lowest BCUT2D eigenvalue weighted by Gasteiger charge is -2.06. The maximum Gasteiger partial charge on any atom is 0.372 e. The highest BCUT2D eigenvalue weighted by molar-refractivity contribution is 5.77. The van der Waals surface area contributed by atoms with Crippen molar-refractivity contribution < 1.29 is 4.79 Å². The SMILES string of the molecule is CCCCc1c(Cc2ccccc2)nnn1C(=O)n1ccnn1. The minimum atomic E-state index is -0.361. The van der Waals surface area contributed by atoms with Gasteiger partial charge in [-0.15, -0.1) is 10.2 Å². The van der Waals surface area contributed by atoms with Gasteiger partial charge in [-0.3, -0.25) is 0 Å². The summed E-state index contributed by atoms with van der Waals surface area (Å²) in [7, 11) is 0. The third-order valence-corrected chi connectivity index (χ3v) is 3.62. The zero-order chi connectivity index (χ0) is 16.1. The number of hydrogen-bond donors (Lipinski definition) is 0. The van der Waals surface area contributed by atoms with Crippen molar-refractivity contribution in [3.05, 3.63) is 59.7 Å². The number of rotatable bonds is 5. The minimum Gasteiger partial charge on any atom is -0.243 e. The molecule has 23 heavy (non-hydrogen) atoms. The van der Waals surface area contributed by atoms with Crippen molar-refractivity contribution in [2.75, 3.05) is 0 Å². The van der Waals surface area contributed by atoms with Crippen LogP contribution in [-0.2, 0) is 12.8 Å². The van der Waals surface area contributed by atoms with Crippen LogP contribution in [0.3, 0.4) is 0 Å². The average molecular weight is 310 g/mol. The van der Waals surface area contributed by atoms with Crippen LogP contribution in [0.15, 0.2) is 42.7 Å². The molecule has 0 amide bonds. The van der Waals surface area contributed by atoms with E-state index in [0.717, 1.165) is 40.9 Å². The highest BCUT2D eigenvalue weighted by Gasteiger charge is 2.19. The summed E-state index contributed by atoms with van der Waals surface area (Å²) in [5.74, 6) is 0. The molecule has 0 atom stereocenters. The van der Waals surface area contributed by atoms with Gasteiger partial charge < -0.3 is 0 Å². The lowest BCUT2D eigenvalue weighted by molar-refractivity contribution is 0.236. The van der Waals surface area contributed by atoms with Crippen molar-refractivity contribution in [2.24, 2.45) is 0 Å². The molecule has 1 aromatic carbocycles. The van der Waals surface area contributed by atoms with Gasteiger partial charge in [-0.25, -0.2) is 4.79 Å². The lowest BCUT2D eigenvalue weighted by atomic mass is 10.1. The first-order valence-electron chi connectivity index (χ1n) is 7.68. The van der Waals surface area contributed by atoms with Gasteiger partial charge in [-0.05, 0) is 18.4 Å². The standard InChI is InChI=1S/C16H18N6O/c1-2-3-9-15-14(12-13-7-5-4-6-8-13)18-20-22(15)16(23)21-11-10-17-19-21/h4-8,10-11H,2-3,9,12H2,1H3. The normalized spacial score (nSPS) is 10.8. The van der Waals surface area contributed by atoms with Crippen molar-refractivity contribution >= 4 is 6.03 Å². The van der Waals surface area contributed by atoms with Crippen LogP contribution in [-0.4, -0.2) is 36.0 Å². The second-order valence-corrected chi connectivity index (χ2v) is 5.29. The molecule has 0 bridgehead atoms. The molecule has 7 nitrogen and oxygen atoms in total. The van der Waals surface area contributed by atoms with E-state index in [1.807, 2.05) is 30.3 Å². The van der Waals surface area contributed by atoms with Gasteiger partial charge in [0.15, 0.2) is 0 Å². The molecule has 0 aliphatic heterocycles.